The second-order valence-corrected chi connectivity index (χ2v) is 6.78. The van der Waals surface area contributed by atoms with Crippen molar-refractivity contribution in [2.24, 2.45) is 5.92 Å². The highest BCUT2D eigenvalue weighted by molar-refractivity contribution is 5.49. The van der Waals surface area contributed by atoms with Gasteiger partial charge in [0.25, 0.3) is 0 Å². The third-order valence-electron chi connectivity index (χ3n) is 4.24. The summed E-state index contributed by atoms with van der Waals surface area (Å²) in [6.45, 7) is 7.47. The first-order chi connectivity index (χ1) is 12.6. The Morgan fingerprint density at radius 2 is 1.92 bits per heavy atom. The Morgan fingerprint density at radius 1 is 1.12 bits per heavy atom. The third kappa shape index (κ3) is 3.14. The molecule has 3 heterocycles. The Balaban J connectivity index is 1.77. The number of rotatable bonds is 5. The molecule has 0 aliphatic carbocycles. The van der Waals surface area contributed by atoms with Crippen LogP contribution in [0.2, 0.25) is 0 Å². The van der Waals surface area contributed by atoms with Gasteiger partial charge in [-0.15, -0.1) is 0 Å². The molecule has 3 aromatic rings. The highest BCUT2D eigenvalue weighted by Gasteiger charge is 2.21. The van der Waals surface area contributed by atoms with E-state index < -0.39 is 0 Å². The maximum atomic E-state index is 5.72. The van der Waals surface area contributed by atoms with E-state index in [4.69, 9.17) is 19.6 Å². The van der Waals surface area contributed by atoms with Crippen LogP contribution in [0.15, 0.2) is 30.9 Å². The molecule has 1 aliphatic rings. The van der Waals surface area contributed by atoms with Crippen LogP contribution in [0.25, 0.3) is 5.69 Å². The lowest BCUT2D eigenvalue weighted by atomic mass is 10.1. The van der Waals surface area contributed by atoms with Gasteiger partial charge in [0.1, 0.15) is 31.9 Å². The van der Waals surface area contributed by atoms with E-state index in [0.29, 0.717) is 19.1 Å². The third-order valence-corrected chi connectivity index (χ3v) is 4.24. The van der Waals surface area contributed by atoms with Gasteiger partial charge in [0.15, 0.2) is 23.1 Å². The molecular formula is C18H22N6O2. The number of ether oxygens (including phenoxy) is 2. The van der Waals surface area contributed by atoms with E-state index in [1.807, 2.05) is 29.8 Å². The molecule has 8 nitrogen and oxygen atoms in total. The van der Waals surface area contributed by atoms with Crippen molar-refractivity contribution in [2.75, 3.05) is 13.2 Å². The van der Waals surface area contributed by atoms with Crippen molar-refractivity contribution in [3.05, 3.63) is 42.5 Å². The van der Waals surface area contributed by atoms with Gasteiger partial charge in [-0.2, -0.15) is 10.2 Å². The van der Waals surface area contributed by atoms with Crippen molar-refractivity contribution in [1.29, 1.82) is 0 Å². The standard InChI is InChI=1S/C18H22N6O2/c1-12(2)8-17-21-18(13(3)23-11-19-10-20-23)24(22-17)14-4-5-15-16(9-14)26-7-6-25-15/h4-5,9-13H,6-8H2,1-3H3/t13-/m0/s1. The lowest BCUT2D eigenvalue weighted by molar-refractivity contribution is 0.171. The normalized spacial score (nSPS) is 14.6. The van der Waals surface area contributed by atoms with Crippen molar-refractivity contribution in [3.8, 4) is 17.2 Å². The van der Waals surface area contributed by atoms with E-state index in [2.05, 4.69) is 23.9 Å². The molecule has 1 aromatic carbocycles. The first-order valence-electron chi connectivity index (χ1n) is 8.82. The maximum absolute atomic E-state index is 5.72. The van der Waals surface area contributed by atoms with Gasteiger partial charge < -0.3 is 9.47 Å². The zero-order valence-electron chi connectivity index (χ0n) is 15.2. The highest BCUT2D eigenvalue weighted by Crippen LogP contribution is 2.32. The zero-order valence-corrected chi connectivity index (χ0v) is 15.2. The van der Waals surface area contributed by atoms with E-state index >= 15 is 0 Å². The van der Waals surface area contributed by atoms with Crippen molar-refractivity contribution in [3.63, 3.8) is 0 Å². The Hall–Kier alpha value is -2.90. The lowest BCUT2D eigenvalue weighted by Gasteiger charge is -2.19. The first kappa shape index (κ1) is 16.6. The first-order valence-corrected chi connectivity index (χ1v) is 8.82. The minimum absolute atomic E-state index is 0.0980. The zero-order chi connectivity index (χ0) is 18.1. The topological polar surface area (TPSA) is 79.9 Å². The van der Waals surface area contributed by atoms with Crippen molar-refractivity contribution in [2.45, 2.75) is 33.2 Å². The molecule has 0 radical (unpaired) electrons. The van der Waals surface area contributed by atoms with Crippen LogP contribution in [-0.4, -0.2) is 42.7 Å². The lowest BCUT2D eigenvalue weighted by Crippen LogP contribution is -2.17. The molecule has 0 saturated heterocycles. The fourth-order valence-corrected chi connectivity index (χ4v) is 2.98. The minimum atomic E-state index is -0.0980. The maximum Gasteiger partial charge on any atom is 0.163 e. The van der Waals surface area contributed by atoms with Gasteiger partial charge in [-0.3, -0.25) is 0 Å². The molecule has 0 unspecified atom stereocenters. The van der Waals surface area contributed by atoms with Crippen molar-refractivity contribution in [1.82, 2.24) is 29.5 Å². The quantitative estimate of drug-likeness (QED) is 0.700. The van der Waals surface area contributed by atoms with Gasteiger partial charge in [0, 0.05) is 12.5 Å². The van der Waals surface area contributed by atoms with Gasteiger partial charge in [-0.05, 0) is 25.0 Å². The van der Waals surface area contributed by atoms with E-state index in [1.165, 1.54) is 6.33 Å². The number of nitrogens with zero attached hydrogens (tertiary/aromatic N) is 6. The SMILES string of the molecule is CC(C)Cc1nc([C@H](C)n2cncn2)n(-c2ccc3c(c2)OCCO3)n1. The summed E-state index contributed by atoms with van der Waals surface area (Å²) in [5.74, 6) is 3.59. The fraction of sp³-hybridized carbons (Fsp3) is 0.444. The van der Waals surface area contributed by atoms with Crippen LogP contribution in [0.4, 0.5) is 0 Å². The number of benzene rings is 1. The van der Waals surface area contributed by atoms with Gasteiger partial charge in [0.05, 0.1) is 5.69 Å². The predicted molar refractivity (Wildman–Crippen MR) is 94.7 cm³/mol. The average molecular weight is 354 g/mol. The second-order valence-electron chi connectivity index (χ2n) is 6.78. The largest absolute Gasteiger partial charge is 0.486 e. The van der Waals surface area contributed by atoms with Crippen LogP contribution in [-0.2, 0) is 6.42 Å². The summed E-state index contributed by atoms with van der Waals surface area (Å²) in [5, 5.41) is 9.00. The molecule has 8 heteroatoms. The van der Waals surface area contributed by atoms with Crippen LogP contribution in [0.5, 0.6) is 11.5 Å². The van der Waals surface area contributed by atoms with Gasteiger partial charge in [-0.1, -0.05) is 13.8 Å². The summed E-state index contributed by atoms with van der Waals surface area (Å²) in [6, 6.07) is 5.73. The smallest absolute Gasteiger partial charge is 0.163 e. The molecule has 0 fully saturated rings. The van der Waals surface area contributed by atoms with Crippen LogP contribution < -0.4 is 9.47 Å². The molecule has 2 aromatic heterocycles. The monoisotopic (exact) mass is 354 g/mol. The number of fused-ring (bicyclic) bond motifs is 1. The molecule has 0 bridgehead atoms. The summed E-state index contributed by atoms with van der Waals surface area (Å²) in [6.07, 6.45) is 4.03. The Labute approximate surface area is 151 Å². The molecule has 1 aliphatic heterocycles. The number of hydrogen-bond acceptors (Lipinski definition) is 6. The summed E-state index contributed by atoms with van der Waals surface area (Å²) in [5.41, 5.74) is 0.888. The number of hydrogen-bond donors (Lipinski definition) is 0. The fourth-order valence-electron chi connectivity index (χ4n) is 2.98. The van der Waals surface area contributed by atoms with Gasteiger partial charge >= 0.3 is 0 Å². The number of aromatic nitrogens is 6. The van der Waals surface area contributed by atoms with Crippen molar-refractivity contribution < 1.29 is 9.47 Å². The average Bonchev–Trinajstić information content (AvgIpc) is 3.30. The van der Waals surface area contributed by atoms with Crippen molar-refractivity contribution >= 4 is 0 Å². The molecule has 0 saturated carbocycles. The molecule has 4 rings (SSSR count). The molecule has 136 valence electrons. The van der Waals surface area contributed by atoms with Crippen LogP contribution >= 0.6 is 0 Å². The predicted octanol–water partition coefficient (Wildman–Crippen LogP) is 2.44. The van der Waals surface area contributed by atoms with Gasteiger partial charge in [0.2, 0.25) is 0 Å². The van der Waals surface area contributed by atoms with Crippen LogP contribution in [0, 0.1) is 5.92 Å². The molecular weight excluding hydrogens is 332 g/mol. The minimum Gasteiger partial charge on any atom is -0.486 e. The highest BCUT2D eigenvalue weighted by atomic mass is 16.6. The Bertz CT molecular complexity index is 887. The van der Waals surface area contributed by atoms with E-state index in [1.54, 1.807) is 11.0 Å². The summed E-state index contributed by atoms with van der Waals surface area (Å²) in [4.78, 5) is 8.83. The molecule has 1 atom stereocenters. The summed E-state index contributed by atoms with van der Waals surface area (Å²) < 4.78 is 15.0. The molecule has 0 N–H and O–H groups in total. The summed E-state index contributed by atoms with van der Waals surface area (Å²) in [7, 11) is 0. The van der Waals surface area contributed by atoms with E-state index in [-0.39, 0.29) is 6.04 Å². The van der Waals surface area contributed by atoms with E-state index in [0.717, 1.165) is 35.3 Å². The molecule has 0 spiro atoms. The Kier molecular flexibility index (Phi) is 4.32. The molecule has 26 heavy (non-hydrogen) atoms. The summed E-state index contributed by atoms with van der Waals surface area (Å²) >= 11 is 0. The second kappa shape index (κ2) is 6.78. The Morgan fingerprint density at radius 3 is 2.65 bits per heavy atom. The molecule has 0 amide bonds. The van der Waals surface area contributed by atoms with Crippen LogP contribution in [0.3, 0.4) is 0 Å². The van der Waals surface area contributed by atoms with Crippen LogP contribution in [0.1, 0.15) is 38.5 Å². The van der Waals surface area contributed by atoms with Gasteiger partial charge in [-0.25, -0.2) is 19.3 Å². The van der Waals surface area contributed by atoms with E-state index in [9.17, 15) is 0 Å².